The zero-order valence-corrected chi connectivity index (χ0v) is 18.8. The molecule has 0 aromatic heterocycles. The Bertz CT molecular complexity index is 1070. The van der Waals surface area contributed by atoms with Gasteiger partial charge in [0.05, 0.1) is 7.11 Å². The van der Waals surface area contributed by atoms with Gasteiger partial charge in [-0.2, -0.15) is 0 Å². The quantitative estimate of drug-likeness (QED) is 0.497. The SMILES string of the molecule is COC(=O)C(Cc1ccccc1)NC(=O)C(Cc1ccccc1)NC(=O)c1ccc(C)cc1. The fourth-order valence-corrected chi connectivity index (χ4v) is 3.46. The molecule has 0 saturated carbocycles. The molecule has 2 atom stereocenters. The molecule has 33 heavy (non-hydrogen) atoms. The molecule has 0 fully saturated rings. The third-order valence-corrected chi connectivity index (χ3v) is 5.30. The molecule has 170 valence electrons. The van der Waals surface area contributed by atoms with Crippen molar-refractivity contribution in [3.8, 4) is 0 Å². The van der Waals surface area contributed by atoms with Crippen LogP contribution in [0.4, 0.5) is 0 Å². The molecule has 2 unspecified atom stereocenters. The van der Waals surface area contributed by atoms with Crippen LogP contribution in [0.2, 0.25) is 0 Å². The summed E-state index contributed by atoms with van der Waals surface area (Å²) in [7, 11) is 1.28. The van der Waals surface area contributed by atoms with Crippen LogP contribution in [0.1, 0.15) is 27.0 Å². The van der Waals surface area contributed by atoms with Gasteiger partial charge in [-0.3, -0.25) is 9.59 Å². The standard InChI is InChI=1S/C27H28N2O4/c1-19-13-15-22(16-14-19)25(30)28-23(17-20-9-5-3-6-10-20)26(31)29-24(27(32)33-2)18-21-11-7-4-8-12-21/h3-16,23-24H,17-18H2,1-2H3,(H,28,30)(H,29,31). The highest BCUT2D eigenvalue weighted by molar-refractivity contribution is 5.98. The Labute approximate surface area is 194 Å². The summed E-state index contributed by atoms with van der Waals surface area (Å²) in [6, 6.07) is 24.2. The average molecular weight is 445 g/mol. The lowest BCUT2D eigenvalue weighted by atomic mass is 10.0. The van der Waals surface area contributed by atoms with E-state index in [9.17, 15) is 14.4 Å². The molecule has 6 nitrogen and oxygen atoms in total. The van der Waals surface area contributed by atoms with Gasteiger partial charge in [0.25, 0.3) is 5.91 Å². The fourth-order valence-electron chi connectivity index (χ4n) is 3.46. The second-order valence-electron chi connectivity index (χ2n) is 7.86. The van der Waals surface area contributed by atoms with Gasteiger partial charge in [0, 0.05) is 18.4 Å². The lowest BCUT2D eigenvalue weighted by Crippen LogP contribution is -2.53. The molecule has 2 amide bonds. The average Bonchev–Trinajstić information content (AvgIpc) is 2.84. The predicted octanol–water partition coefficient (Wildman–Crippen LogP) is 3.24. The largest absolute Gasteiger partial charge is 0.467 e. The maximum atomic E-state index is 13.3. The Balaban J connectivity index is 1.79. The summed E-state index contributed by atoms with van der Waals surface area (Å²) in [4.78, 5) is 38.5. The van der Waals surface area contributed by atoms with E-state index < -0.39 is 24.0 Å². The van der Waals surface area contributed by atoms with Crippen molar-refractivity contribution in [2.24, 2.45) is 0 Å². The summed E-state index contributed by atoms with van der Waals surface area (Å²) in [5, 5.41) is 5.60. The number of ether oxygens (including phenoxy) is 1. The number of esters is 1. The number of aryl methyl sites for hydroxylation is 1. The van der Waals surface area contributed by atoms with Crippen molar-refractivity contribution in [2.45, 2.75) is 31.8 Å². The molecule has 0 saturated heterocycles. The fraction of sp³-hybridized carbons (Fsp3) is 0.222. The van der Waals surface area contributed by atoms with Crippen LogP contribution in [0.25, 0.3) is 0 Å². The number of methoxy groups -OCH3 is 1. The maximum absolute atomic E-state index is 13.3. The minimum Gasteiger partial charge on any atom is -0.467 e. The van der Waals surface area contributed by atoms with Crippen molar-refractivity contribution in [3.05, 3.63) is 107 Å². The molecule has 2 N–H and O–H groups in total. The van der Waals surface area contributed by atoms with Crippen LogP contribution in [0.3, 0.4) is 0 Å². The van der Waals surface area contributed by atoms with Crippen molar-refractivity contribution in [2.75, 3.05) is 7.11 Å². The van der Waals surface area contributed by atoms with Gasteiger partial charge in [-0.15, -0.1) is 0 Å². The van der Waals surface area contributed by atoms with Crippen LogP contribution in [-0.2, 0) is 27.2 Å². The lowest BCUT2D eigenvalue weighted by molar-refractivity contribution is -0.145. The molecule has 0 heterocycles. The van der Waals surface area contributed by atoms with Gasteiger partial charge in [0.1, 0.15) is 12.1 Å². The van der Waals surface area contributed by atoms with Crippen LogP contribution >= 0.6 is 0 Å². The van der Waals surface area contributed by atoms with E-state index in [-0.39, 0.29) is 18.7 Å². The topological polar surface area (TPSA) is 84.5 Å². The van der Waals surface area contributed by atoms with Gasteiger partial charge >= 0.3 is 5.97 Å². The third-order valence-electron chi connectivity index (χ3n) is 5.30. The van der Waals surface area contributed by atoms with E-state index >= 15 is 0 Å². The van der Waals surface area contributed by atoms with Gasteiger partial charge in [0.2, 0.25) is 5.91 Å². The van der Waals surface area contributed by atoms with E-state index in [1.165, 1.54) is 7.11 Å². The van der Waals surface area contributed by atoms with E-state index in [0.29, 0.717) is 5.56 Å². The van der Waals surface area contributed by atoms with Gasteiger partial charge in [-0.25, -0.2) is 4.79 Å². The van der Waals surface area contributed by atoms with Crippen LogP contribution in [0, 0.1) is 6.92 Å². The second kappa shape index (κ2) is 11.6. The summed E-state index contributed by atoms with van der Waals surface area (Å²) in [6.45, 7) is 1.94. The van der Waals surface area contributed by atoms with Crippen LogP contribution < -0.4 is 10.6 Å². The smallest absolute Gasteiger partial charge is 0.328 e. The molecular formula is C27H28N2O4. The lowest BCUT2D eigenvalue weighted by Gasteiger charge is -2.22. The van der Waals surface area contributed by atoms with E-state index in [0.717, 1.165) is 16.7 Å². The third kappa shape index (κ3) is 7.04. The highest BCUT2D eigenvalue weighted by Crippen LogP contribution is 2.09. The number of rotatable bonds is 9. The minimum atomic E-state index is -0.876. The molecule has 3 aromatic rings. The zero-order valence-electron chi connectivity index (χ0n) is 18.8. The van der Waals surface area contributed by atoms with E-state index in [1.807, 2.05) is 79.7 Å². The second-order valence-corrected chi connectivity index (χ2v) is 7.86. The van der Waals surface area contributed by atoms with E-state index in [4.69, 9.17) is 4.74 Å². The normalized spacial score (nSPS) is 12.3. The Morgan fingerprint density at radius 1 is 0.727 bits per heavy atom. The van der Waals surface area contributed by atoms with Gasteiger partial charge < -0.3 is 15.4 Å². The molecule has 0 radical (unpaired) electrons. The molecule has 0 aliphatic heterocycles. The van der Waals surface area contributed by atoms with E-state index in [1.54, 1.807) is 12.1 Å². The summed E-state index contributed by atoms with van der Waals surface area (Å²) in [6.07, 6.45) is 0.562. The Morgan fingerprint density at radius 3 is 1.76 bits per heavy atom. The minimum absolute atomic E-state index is 0.281. The number of benzene rings is 3. The molecule has 0 bridgehead atoms. The Morgan fingerprint density at radius 2 is 1.24 bits per heavy atom. The Hall–Kier alpha value is -3.93. The highest BCUT2D eigenvalue weighted by Gasteiger charge is 2.28. The zero-order chi connectivity index (χ0) is 23.6. The first-order chi connectivity index (χ1) is 16.0. The molecule has 0 aliphatic carbocycles. The van der Waals surface area contributed by atoms with Crippen LogP contribution in [0.15, 0.2) is 84.9 Å². The molecular weight excluding hydrogens is 416 g/mol. The number of nitrogens with one attached hydrogen (secondary N) is 2. The molecule has 0 aliphatic rings. The number of carbonyl (C=O) groups is 3. The summed E-state index contributed by atoms with van der Waals surface area (Å²) in [5.41, 5.74) is 3.27. The summed E-state index contributed by atoms with van der Waals surface area (Å²) < 4.78 is 4.90. The molecule has 6 heteroatoms. The number of amides is 2. The van der Waals surface area contributed by atoms with Crippen molar-refractivity contribution < 1.29 is 19.1 Å². The first kappa shape index (κ1) is 23.7. The van der Waals surface area contributed by atoms with Gasteiger partial charge in [-0.05, 0) is 30.2 Å². The highest BCUT2D eigenvalue weighted by atomic mass is 16.5. The molecule has 3 rings (SSSR count). The Kier molecular flexibility index (Phi) is 8.36. The predicted molar refractivity (Wildman–Crippen MR) is 127 cm³/mol. The van der Waals surface area contributed by atoms with Crippen LogP contribution in [-0.4, -0.2) is 37.0 Å². The summed E-state index contributed by atoms with van der Waals surface area (Å²) in [5.74, 6) is -1.36. The molecule has 3 aromatic carbocycles. The maximum Gasteiger partial charge on any atom is 0.328 e. The first-order valence-corrected chi connectivity index (χ1v) is 10.8. The number of carbonyl (C=O) groups excluding carboxylic acids is 3. The number of hydrogen-bond acceptors (Lipinski definition) is 4. The molecule has 0 spiro atoms. The number of hydrogen-bond donors (Lipinski definition) is 2. The van der Waals surface area contributed by atoms with Crippen LogP contribution in [0.5, 0.6) is 0 Å². The first-order valence-electron chi connectivity index (χ1n) is 10.8. The summed E-state index contributed by atoms with van der Waals surface area (Å²) >= 11 is 0. The van der Waals surface area contributed by atoms with E-state index in [2.05, 4.69) is 10.6 Å². The van der Waals surface area contributed by atoms with Crippen molar-refractivity contribution >= 4 is 17.8 Å². The van der Waals surface area contributed by atoms with Gasteiger partial charge in [-0.1, -0.05) is 78.4 Å². The van der Waals surface area contributed by atoms with Crippen molar-refractivity contribution in [1.29, 1.82) is 0 Å². The van der Waals surface area contributed by atoms with Crippen molar-refractivity contribution in [3.63, 3.8) is 0 Å². The monoisotopic (exact) mass is 444 g/mol. The van der Waals surface area contributed by atoms with Crippen molar-refractivity contribution in [1.82, 2.24) is 10.6 Å². The van der Waals surface area contributed by atoms with Gasteiger partial charge in [0.15, 0.2) is 0 Å².